The third kappa shape index (κ3) is 4.04. The Morgan fingerprint density at radius 1 is 1.04 bits per heavy atom. The topological polar surface area (TPSA) is 74.2 Å². The summed E-state index contributed by atoms with van der Waals surface area (Å²) in [5.41, 5.74) is 0.930. The van der Waals surface area contributed by atoms with Gasteiger partial charge >= 0.3 is 0 Å². The Bertz CT molecular complexity index is 708. The summed E-state index contributed by atoms with van der Waals surface area (Å²) >= 11 is 0. The zero-order valence-electron chi connectivity index (χ0n) is 14.1. The minimum Gasteiger partial charge on any atom is -0.352 e. The smallest absolute Gasteiger partial charge is 0.222 e. The van der Waals surface area contributed by atoms with E-state index in [1.807, 2.05) is 29.2 Å². The van der Waals surface area contributed by atoms with Gasteiger partial charge in [-0.15, -0.1) is 10.2 Å². The van der Waals surface area contributed by atoms with E-state index in [0.717, 1.165) is 44.1 Å². The number of amides is 1. The average molecular weight is 338 g/mol. The molecule has 0 unspecified atom stereocenters. The number of pyridine rings is 1. The van der Waals surface area contributed by atoms with Crippen LogP contribution in [0.5, 0.6) is 0 Å². The van der Waals surface area contributed by atoms with Crippen molar-refractivity contribution in [2.75, 3.05) is 36.4 Å². The second kappa shape index (κ2) is 7.04. The van der Waals surface area contributed by atoms with Gasteiger partial charge < -0.3 is 15.1 Å². The van der Waals surface area contributed by atoms with E-state index >= 15 is 0 Å². The fourth-order valence-electron chi connectivity index (χ4n) is 3.03. The molecule has 1 aliphatic heterocycles. The largest absolute Gasteiger partial charge is 0.352 e. The first-order chi connectivity index (χ1) is 12.3. The number of nitrogens with one attached hydrogen (secondary N) is 1. The Balaban J connectivity index is 1.31. The molecular formula is C18H22N6O. The highest BCUT2D eigenvalue weighted by molar-refractivity contribution is 5.77. The summed E-state index contributed by atoms with van der Waals surface area (Å²) in [4.78, 5) is 20.3. The fraction of sp³-hybridized carbons (Fsp3) is 0.444. The lowest BCUT2D eigenvalue weighted by molar-refractivity contribution is -0.131. The van der Waals surface area contributed by atoms with Gasteiger partial charge in [-0.2, -0.15) is 0 Å². The predicted molar refractivity (Wildman–Crippen MR) is 95.7 cm³/mol. The molecule has 2 aromatic rings. The molecule has 0 radical (unpaired) electrons. The molecule has 2 fully saturated rings. The second-order valence-electron chi connectivity index (χ2n) is 6.65. The van der Waals surface area contributed by atoms with Gasteiger partial charge in [-0.3, -0.25) is 9.78 Å². The van der Waals surface area contributed by atoms with Crippen LogP contribution in [0.4, 0.5) is 17.3 Å². The molecule has 0 bridgehead atoms. The second-order valence-corrected chi connectivity index (χ2v) is 6.65. The third-order valence-electron chi connectivity index (χ3n) is 4.72. The van der Waals surface area contributed by atoms with Crippen molar-refractivity contribution in [1.82, 2.24) is 20.1 Å². The van der Waals surface area contributed by atoms with E-state index in [1.54, 1.807) is 12.4 Å². The lowest BCUT2D eigenvalue weighted by atomic mass is 10.2. The van der Waals surface area contributed by atoms with Gasteiger partial charge in [0.05, 0.1) is 0 Å². The molecule has 4 rings (SSSR count). The quantitative estimate of drug-likeness (QED) is 0.899. The van der Waals surface area contributed by atoms with Crippen LogP contribution in [0, 0.1) is 5.92 Å². The maximum atomic E-state index is 12.2. The van der Waals surface area contributed by atoms with Gasteiger partial charge in [0.1, 0.15) is 0 Å². The number of hydrogen-bond donors (Lipinski definition) is 1. The summed E-state index contributed by atoms with van der Waals surface area (Å²) in [6, 6.07) is 7.66. The minimum atomic E-state index is 0.310. The van der Waals surface area contributed by atoms with Crippen molar-refractivity contribution >= 4 is 23.2 Å². The molecule has 1 N–H and O–H groups in total. The first-order valence-electron chi connectivity index (χ1n) is 8.81. The van der Waals surface area contributed by atoms with E-state index in [0.29, 0.717) is 17.6 Å². The monoisotopic (exact) mass is 338 g/mol. The molecule has 0 aromatic carbocycles. The Kier molecular flexibility index (Phi) is 4.45. The van der Waals surface area contributed by atoms with Crippen molar-refractivity contribution in [3.63, 3.8) is 0 Å². The summed E-state index contributed by atoms with van der Waals surface area (Å²) in [5.74, 6) is 2.52. The Morgan fingerprint density at radius 3 is 2.44 bits per heavy atom. The molecule has 2 aliphatic rings. The standard InChI is InChI=1S/C18H22N6O/c25-18(13-14-1-2-14)24-11-9-23(10-12-24)17-4-3-16(21-22-17)20-15-5-7-19-8-6-15/h3-8,14H,1-2,9-13H2,(H,19,20,21). The molecule has 7 nitrogen and oxygen atoms in total. The van der Waals surface area contributed by atoms with Crippen LogP contribution in [0.1, 0.15) is 19.3 Å². The number of hydrogen-bond acceptors (Lipinski definition) is 6. The van der Waals surface area contributed by atoms with Gasteiger partial charge in [0, 0.05) is 50.7 Å². The zero-order valence-corrected chi connectivity index (χ0v) is 14.1. The van der Waals surface area contributed by atoms with Gasteiger partial charge in [-0.25, -0.2) is 0 Å². The SMILES string of the molecule is O=C(CC1CC1)N1CCN(c2ccc(Nc3ccncc3)nn2)CC1. The van der Waals surface area contributed by atoms with Crippen LogP contribution in [0.15, 0.2) is 36.7 Å². The predicted octanol–water partition coefficient (Wildman–Crippen LogP) is 2.06. The molecule has 3 heterocycles. The summed E-state index contributed by atoms with van der Waals surface area (Å²) in [7, 11) is 0. The Hall–Kier alpha value is -2.70. The van der Waals surface area contributed by atoms with Crippen molar-refractivity contribution in [2.24, 2.45) is 5.92 Å². The maximum Gasteiger partial charge on any atom is 0.222 e. The lowest BCUT2D eigenvalue weighted by Gasteiger charge is -2.35. The lowest BCUT2D eigenvalue weighted by Crippen LogP contribution is -2.49. The number of aromatic nitrogens is 3. The van der Waals surface area contributed by atoms with E-state index in [9.17, 15) is 4.79 Å². The molecule has 25 heavy (non-hydrogen) atoms. The van der Waals surface area contributed by atoms with Crippen LogP contribution in [-0.4, -0.2) is 52.2 Å². The van der Waals surface area contributed by atoms with Crippen LogP contribution < -0.4 is 10.2 Å². The van der Waals surface area contributed by atoms with E-state index in [-0.39, 0.29) is 0 Å². The van der Waals surface area contributed by atoms with Gasteiger partial charge in [-0.05, 0) is 43.0 Å². The first kappa shape index (κ1) is 15.8. The van der Waals surface area contributed by atoms with Gasteiger partial charge in [0.15, 0.2) is 11.6 Å². The Labute approximate surface area is 147 Å². The Morgan fingerprint density at radius 2 is 1.80 bits per heavy atom. The molecule has 0 spiro atoms. The molecule has 1 aliphatic carbocycles. The van der Waals surface area contributed by atoms with Gasteiger partial charge in [0.2, 0.25) is 5.91 Å². The van der Waals surface area contributed by atoms with Crippen molar-refractivity contribution < 1.29 is 4.79 Å². The van der Waals surface area contributed by atoms with E-state index < -0.39 is 0 Å². The number of carbonyl (C=O) groups is 1. The number of piperazine rings is 1. The van der Waals surface area contributed by atoms with E-state index in [1.165, 1.54) is 12.8 Å². The van der Waals surface area contributed by atoms with Crippen molar-refractivity contribution in [1.29, 1.82) is 0 Å². The highest BCUT2D eigenvalue weighted by Crippen LogP contribution is 2.33. The zero-order chi connectivity index (χ0) is 17.1. The normalized spacial score (nSPS) is 17.4. The number of anilines is 3. The van der Waals surface area contributed by atoms with Crippen molar-refractivity contribution in [2.45, 2.75) is 19.3 Å². The maximum absolute atomic E-state index is 12.2. The molecule has 1 amide bonds. The summed E-state index contributed by atoms with van der Waals surface area (Å²) in [5, 5.41) is 11.8. The number of carbonyl (C=O) groups excluding carboxylic acids is 1. The highest BCUT2D eigenvalue weighted by Gasteiger charge is 2.28. The van der Waals surface area contributed by atoms with E-state index in [4.69, 9.17) is 0 Å². The third-order valence-corrected chi connectivity index (χ3v) is 4.72. The molecule has 1 saturated carbocycles. The van der Waals surface area contributed by atoms with Crippen LogP contribution >= 0.6 is 0 Å². The highest BCUT2D eigenvalue weighted by atomic mass is 16.2. The summed E-state index contributed by atoms with van der Waals surface area (Å²) < 4.78 is 0. The molecule has 7 heteroatoms. The minimum absolute atomic E-state index is 0.310. The average Bonchev–Trinajstić information content (AvgIpc) is 3.47. The molecular weight excluding hydrogens is 316 g/mol. The van der Waals surface area contributed by atoms with Gasteiger partial charge in [-0.1, -0.05) is 0 Å². The molecule has 0 atom stereocenters. The number of rotatable bonds is 5. The van der Waals surface area contributed by atoms with Crippen LogP contribution in [0.25, 0.3) is 0 Å². The summed E-state index contributed by atoms with van der Waals surface area (Å²) in [6.45, 7) is 3.15. The van der Waals surface area contributed by atoms with Crippen LogP contribution in [0.3, 0.4) is 0 Å². The summed E-state index contributed by atoms with van der Waals surface area (Å²) in [6.07, 6.45) is 6.64. The first-order valence-corrected chi connectivity index (χ1v) is 8.81. The van der Waals surface area contributed by atoms with Gasteiger partial charge in [0.25, 0.3) is 0 Å². The fourth-order valence-corrected chi connectivity index (χ4v) is 3.03. The van der Waals surface area contributed by atoms with E-state index in [2.05, 4.69) is 25.4 Å². The van der Waals surface area contributed by atoms with Crippen LogP contribution in [0.2, 0.25) is 0 Å². The van der Waals surface area contributed by atoms with Crippen molar-refractivity contribution in [3.8, 4) is 0 Å². The molecule has 130 valence electrons. The number of nitrogens with zero attached hydrogens (tertiary/aromatic N) is 5. The molecule has 2 aromatic heterocycles. The molecule has 1 saturated heterocycles. The van der Waals surface area contributed by atoms with Crippen LogP contribution in [-0.2, 0) is 4.79 Å². The van der Waals surface area contributed by atoms with Crippen molar-refractivity contribution in [3.05, 3.63) is 36.7 Å².